The Hall–Kier alpha value is -1.12. The van der Waals surface area contributed by atoms with Crippen LogP contribution in [-0.4, -0.2) is 39.0 Å². The Morgan fingerprint density at radius 2 is 2.25 bits per heavy atom. The fourth-order valence-electron chi connectivity index (χ4n) is 0.967. The van der Waals surface area contributed by atoms with Gasteiger partial charge in [0.1, 0.15) is 0 Å². The zero-order valence-corrected chi connectivity index (χ0v) is 9.99. The summed E-state index contributed by atoms with van der Waals surface area (Å²) in [5.74, 6) is 5.48. The van der Waals surface area contributed by atoms with Gasteiger partial charge in [0.05, 0.1) is 7.11 Å². The first-order valence-corrected chi connectivity index (χ1v) is 5.61. The summed E-state index contributed by atoms with van der Waals surface area (Å²) in [6.07, 6.45) is 0.671. The normalized spacial score (nSPS) is 12.2. The van der Waals surface area contributed by atoms with E-state index in [2.05, 4.69) is 20.4 Å². The number of hydrogen-bond acceptors (Lipinski definition) is 8. The van der Waals surface area contributed by atoms with E-state index in [0.717, 1.165) is 0 Å². The number of anilines is 1. The summed E-state index contributed by atoms with van der Waals surface area (Å²) in [6, 6.07) is 0.210. The van der Waals surface area contributed by atoms with Crippen LogP contribution >= 0.6 is 11.8 Å². The molecule has 0 aliphatic heterocycles. The van der Waals surface area contributed by atoms with Crippen molar-refractivity contribution in [3.05, 3.63) is 0 Å². The lowest BCUT2D eigenvalue weighted by molar-refractivity contribution is 0.289. The summed E-state index contributed by atoms with van der Waals surface area (Å²) >= 11 is 1.43. The van der Waals surface area contributed by atoms with E-state index in [0.29, 0.717) is 11.6 Å². The Balaban J connectivity index is 2.78. The molecule has 0 aromatic carbocycles. The Morgan fingerprint density at radius 1 is 1.50 bits per heavy atom. The van der Waals surface area contributed by atoms with Gasteiger partial charge in [0.2, 0.25) is 5.95 Å². The highest BCUT2D eigenvalue weighted by atomic mass is 32.2. The number of aliphatic hydroxyl groups excluding tert-OH is 1. The third kappa shape index (κ3) is 3.80. The molecule has 0 amide bonds. The van der Waals surface area contributed by atoms with Crippen LogP contribution in [0.5, 0.6) is 6.01 Å². The molecule has 1 atom stereocenters. The van der Waals surface area contributed by atoms with Gasteiger partial charge in [-0.1, -0.05) is 18.7 Å². The van der Waals surface area contributed by atoms with Crippen LogP contribution in [0.2, 0.25) is 0 Å². The first kappa shape index (κ1) is 12.9. The van der Waals surface area contributed by atoms with Crippen molar-refractivity contribution in [3.8, 4) is 6.01 Å². The molecule has 1 unspecified atom stereocenters. The van der Waals surface area contributed by atoms with Crippen LogP contribution in [0, 0.1) is 0 Å². The number of thioether (sulfide) groups is 1. The second kappa shape index (κ2) is 6.46. The highest BCUT2D eigenvalue weighted by Crippen LogP contribution is 2.23. The Kier molecular flexibility index (Phi) is 5.23. The van der Waals surface area contributed by atoms with Crippen molar-refractivity contribution >= 4 is 17.7 Å². The number of hydrazine groups is 1. The zero-order chi connectivity index (χ0) is 12.0. The minimum Gasteiger partial charge on any atom is -0.467 e. The number of nitrogens with two attached hydrogens (primary N) is 1. The van der Waals surface area contributed by atoms with E-state index in [-0.39, 0.29) is 23.8 Å². The number of nitrogen functional groups attached to an aromatic ring is 1. The standard InChI is InChI=1S/C8H15N5O2S/c1-5(3-4-14)16-8-11-6(13-9)10-7(12-8)15-2/h5,14H,3-4,9H2,1-2H3,(H,10,11,12,13). The van der Waals surface area contributed by atoms with Crippen molar-refractivity contribution in [2.24, 2.45) is 5.84 Å². The summed E-state index contributed by atoms with van der Waals surface area (Å²) in [5.41, 5.74) is 2.34. The molecule has 1 aromatic heterocycles. The summed E-state index contributed by atoms with van der Waals surface area (Å²) in [7, 11) is 1.47. The van der Waals surface area contributed by atoms with E-state index in [1.807, 2.05) is 6.92 Å². The number of ether oxygens (including phenoxy) is 1. The van der Waals surface area contributed by atoms with Gasteiger partial charge >= 0.3 is 6.01 Å². The summed E-state index contributed by atoms with van der Waals surface area (Å²) in [5, 5.41) is 9.52. The predicted molar refractivity (Wildman–Crippen MR) is 61.2 cm³/mol. The number of rotatable bonds is 6. The van der Waals surface area contributed by atoms with Crippen molar-refractivity contribution in [1.29, 1.82) is 0 Å². The van der Waals surface area contributed by atoms with Crippen molar-refractivity contribution < 1.29 is 9.84 Å². The molecule has 0 aliphatic rings. The van der Waals surface area contributed by atoms with Crippen LogP contribution in [0.3, 0.4) is 0 Å². The molecule has 0 saturated heterocycles. The summed E-state index contributed by atoms with van der Waals surface area (Å²) < 4.78 is 4.92. The molecule has 1 rings (SSSR count). The average Bonchev–Trinajstić information content (AvgIpc) is 2.28. The first-order chi connectivity index (χ1) is 7.69. The van der Waals surface area contributed by atoms with E-state index in [1.165, 1.54) is 18.9 Å². The second-order valence-electron chi connectivity index (χ2n) is 3.01. The van der Waals surface area contributed by atoms with E-state index in [1.54, 1.807) is 0 Å². The van der Waals surface area contributed by atoms with Crippen molar-refractivity contribution in [2.45, 2.75) is 23.8 Å². The fraction of sp³-hybridized carbons (Fsp3) is 0.625. The maximum atomic E-state index is 8.79. The quantitative estimate of drug-likeness (QED) is 0.366. The second-order valence-corrected chi connectivity index (χ2v) is 4.42. The van der Waals surface area contributed by atoms with Crippen LogP contribution in [0.15, 0.2) is 5.16 Å². The fourth-order valence-corrected chi connectivity index (χ4v) is 1.82. The Morgan fingerprint density at radius 3 is 2.81 bits per heavy atom. The van der Waals surface area contributed by atoms with Crippen molar-refractivity contribution in [3.63, 3.8) is 0 Å². The van der Waals surface area contributed by atoms with Crippen LogP contribution in [0.1, 0.15) is 13.3 Å². The van der Waals surface area contributed by atoms with Gasteiger partial charge in [0, 0.05) is 11.9 Å². The SMILES string of the molecule is COc1nc(NN)nc(SC(C)CCO)n1. The van der Waals surface area contributed by atoms with Crippen molar-refractivity contribution in [1.82, 2.24) is 15.0 Å². The van der Waals surface area contributed by atoms with Gasteiger partial charge in [-0.05, 0) is 6.42 Å². The molecule has 4 N–H and O–H groups in total. The maximum Gasteiger partial charge on any atom is 0.321 e. The molecule has 0 fully saturated rings. The topological polar surface area (TPSA) is 106 Å². The van der Waals surface area contributed by atoms with Gasteiger partial charge in [0.15, 0.2) is 5.16 Å². The molecular formula is C8H15N5O2S. The van der Waals surface area contributed by atoms with E-state index < -0.39 is 0 Å². The molecule has 90 valence electrons. The predicted octanol–water partition coefficient (Wildman–Crippen LogP) is 0.0288. The maximum absolute atomic E-state index is 8.79. The van der Waals surface area contributed by atoms with E-state index in [4.69, 9.17) is 15.7 Å². The monoisotopic (exact) mass is 245 g/mol. The Labute approximate surface area is 97.8 Å². The molecule has 7 nitrogen and oxygen atoms in total. The molecule has 0 radical (unpaired) electrons. The molecule has 8 heteroatoms. The third-order valence-corrected chi connectivity index (χ3v) is 2.78. The lowest BCUT2D eigenvalue weighted by Gasteiger charge is -2.09. The van der Waals surface area contributed by atoms with Gasteiger partial charge in [-0.25, -0.2) is 5.84 Å². The number of nitrogens with one attached hydrogen (secondary N) is 1. The van der Waals surface area contributed by atoms with Gasteiger partial charge < -0.3 is 9.84 Å². The average molecular weight is 245 g/mol. The molecule has 0 spiro atoms. The molecule has 16 heavy (non-hydrogen) atoms. The molecule has 0 saturated carbocycles. The summed E-state index contributed by atoms with van der Waals surface area (Å²) in [6.45, 7) is 2.12. The smallest absolute Gasteiger partial charge is 0.321 e. The molecule has 1 aromatic rings. The number of methoxy groups -OCH3 is 1. The van der Waals surface area contributed by atoms with Crippen LogP contribution in [0.4, 0.5) is 5.95 Å². The third-order valence-electron chi connectivity index (χ3n) is 1.75. The van der Waals surface area contributed by atoms with Crippen LogP contribution in [0.25, 0.3) is 0 Å². The first-order valence-electron chi connectivity index (χ1n) is 4.73. The van der Waals surface area contributed by atoms with Crippen LogP contribution in [-0.2, 0) is 0 Å². The lowest BCUT2D eigenvalue weighted by Crippen LogP contribution is -2.13. The molecule has 0 bridgehead atoms. The molecule has 0 aliphatic carbocycles. The van der Waals surface area contributed by atoms with Gasteiger partial charge in [0.25, 0.3) is 0 Å². The van der Waals surface area contributed by atoms with E-state index in [9.17, 15) is 0 Å². The van der Waals surface area contributed by atoms with Crippen molar-refractivity contribution in [2.75, 3.05) is 19.1 Å². The number of hydrogen-bond donors (Lipinski definition) is 3. The van der Waals surface area contributed by atoms with Gasteiger partial charge in [-0.2, -0.15) is 15.0 Å². The van der Waals surface area contributed by atoms with Gasteiger partial charge in [-0.3, -0.25) is 5.43 Å². The minimum atomic E-state index is 0.137. The number of nitrogens with zero attached hydrogens (tertiary/aromatic N) is 3. The van der Waals surface area contributed by atoms with Crippen LogP contribution < -0.4 is 16.0 Å². The lowest BCUT2D eigenvalue weighted by atomic mass is 10.4. The number of aliphatic hydroxyl groups is 1. The molecule has 1 heterocycles. The minimum absolute atomic E-state index is 0.137. The number of aromatic nitrogens is 3. The highest BCUT2D eigenvalue weighted by molar-refractivity contribution is 7.99. The largest absolute Gasteiger partial charge is 0.467 e. The van der Waals surface area contributed by atoms with E-state index >= 15 is 0 Å². The molecular weight excluding hydrogens is 230 g/mol. The zero-order valence-electron chi connectivity index (χ0n) is 9.17. The van der Waals surface area contributed by atoms with Gasteiger partial charge in [-0.15, -0.1) is 0 Å². The summed E-state index contributed by atoms with van der Waals surface area (Å²) in [4.78, 5) is 12.0. The Bertz CT molecular complexity index is 316. The highest BCUT2D eigenvalue weighted by Gasteiger charge is 2.10.